The van der Waals surface area contributed by atoms with Gasteiger partial charge in [0.15, 0.2) is 17.2 Å². The minimum absolute atomic E-state index is 0.128. The summed E-state index contributed by atoms with van der Waals surface area (Å²) < 4.78 is 23.6. The summed E-state index contributed by atoms with van der Waals surface area (Å²) in [7, 11) is 1.39. The van der Waals surface area contributed by atoms with Gasteiger partial charge >= 0.3 is 5.97 Å². The van der Waals surface area contributed by atoms with Crippen molar-refractivity contribution in [1.29, 1.82) is 0 Å². The van der Waals surface area contributed by atoms with Crippen LogP contribution in [0.2, 0.25) is 0 Å². The average Bonchev–Trinajstić information content (AvgIpc) is 2.88. The van der Waals surface area contributed by atoms with Crippen molar-refractivity contribution in [3.63, 3.8) is 0 Å². The monoisotopic (exact) mass is 492 g/mol. The Labute approximate surface area is 207 Å². The first-order valence-corrected chi connectivity index (χ1v) is 12.8. The molecule has 3 rings (SSSR count). The van der Waals surface area contributed by atoms with Gasteiger partial charge in [-0.3, -0.25) is 4.79 Å². The Balaban J connectivity index is 1.74. The molecule has 9 heteroatoms. The Morgan fingerprint density at radius 2 is 1.94 bits per heavy atom. The van der Waals surface area contributed by atoms with Crippen LogP contribution in [0.3, 0.4) is 0 Å². The Morgan fingerprint density at radius 1 is 1.20 bits per heavy atom. The molecule has 1 aromatic rings. The van der Waals surface area contributed by atoms with Gasteiger partial charge in [-0.25, -0.2) is 9.78 Å². The molecule has 0 aromatic carbocycles. The topological polar surface area (TPSA) is 116 Å². The van der Waals surface area contributed by atoms with Gasteiger partial charge in [0.25, 0.3) is 5.91 Å². The molecule has 4 atom stereocenters. The molecule has 9 nitrogen and oxygen atoms in total. The van der Waals surface area contributed by atoms with Crippen molar-refractivity contribution in [2.24, 2.45) is 5.92 Å². The van der Waals surface area contributed by atoms with Gasteiger partial charge < -0.3 is 29.4 Å². The molecule has 1 aromatic heterocycles. The summed E-state index contributed by atoms with van der Waals surface area (Å²) >= 11 is 0. The van der Waals surface area contributed by atoms with Crippen LogP contribution in [-0.4, -0.2) is 66.1 Å². The number of nitrogens with zero attached hydrogens (tertiary/aromatic N) is 1. The highest BCUT2D eigenvalue weighted by molar-refractivity contribution is 5.97. The molecule has 0 bridgehead atoms. The fraction of sp³-hybridized carbons (Fsp3) is 0.731. The number of aromatic nitrogens is 1. The summed E-state index contributed by atoms with van der Waals surface area (Å²) in [4.78, 5) is 29.9. The van der Waals surface area contributed by atoms with Crippen LogP contribution in [-0.2, 0) is 19.0 Å². The fourth-order valence-corrected chi connectivity index (χ4v) is 4.68. The highest BCUT2D eigenvalue weighted by Gasteiger charge is 2.37. The van der Waals surface area contributed by atoms with E-state index in [1.807, 2.05) is 6.92 Å². The maximum Gasteiger partial charge on any atom is 0.329 e. The molecular formula is C26H40N2O7. The number of carbonyl (C=O) groups is 2. The van der Waals surface area contributed by atoms with Gasteiger partial charge in [-0.05, 0) is 44.9 Å². The zero-order valence-electron chi connectivity index (χ0n) is 21.3. The zero-order valence-corrected chi connectivity index (χ0v) is 21.3. The number of esters is 1. The molecule has 1 aliphatic heterocycles. The number of rotatable bonds is 8. The van der Waals surface area contributed by atoms with E-state index in [0.717, 1.165) is 25.7 Å². The SMILES string of the molecule is COc1ccnc(C(=O)NC2CCCC(OCC(C)C)C(OC3CCCCC3)C(C)OC2=O)c1O. The molecule has 1 saturated heterocycles. The molecule has 1 amide bonds. The van der Waals surface area contributed by atoms with Crippen molar-refractivity contribution in [1.82, 2.24) is 10.3 Å². The highest BCUT2D eigenvalue weighted by Crippen LogP contribution is 2.29. The van der Waals surface area contributed by atoms with Crippen LogP contribution in [0.1, 0.15) is 82.6 Å². The van der Waals surface area contributed by atoms with Crippen LogP contribution in [0.5, 0.6) is 11.5 Å². The Kier molecular flexibility index (Phi) is 10.2. The maximum absolute atomic E-state index is 13.1. The quantitative estimate of drug-likeness (QED) is 0.527. The number of hydrogen-bond acceptors (Lipinski definition) is 8. The normalized spacial score (nSPS) is 26.4. The van der Waals surface area contributed by atoms with Crippen molar-refractivity contribution >= 4 is 11.9 Å². The summed E-state index contributed by atoms with van der Waals surface area (Å²) in [5.74, 6) is -1.08. The second-order valence-corrected chi connectivity index (χ2v) is 9.94. The van der Waals surface area contributed by atoms with Crippen LogP contribution < -0.4 is 10.1 Å². The first-order chi connectivity index (χ1) is 16.8. The van der Waals surface area contributed by atoms with Crippen LogP contribution in [0.15, 0.2) is 12.3 Å². The van der Waals surface area contributed by atoms with Gasteiger partial charge in [-0.2, -0.15) is 0 Å². The lowest BCUT2D eigenvalue weighted by Crippen LogP contribution is -2.47. The molecule has 2 N–H and O–H groups in total. The third-order valence-electron chi connectivity index (χ3n) is 6.57. The Morgan fingerprint density at radius 3 is 2.63 bits per heavy atom. The second-order valence-electron chi connectivity index (χ2n) is 9.94. The lowest BCUT2D eigenvalue weighted by atomic mass is 9.96. The summed E-state index contributed by atoms with van der Waals surface area (Å²) in [6, 6.07) is 0.572. The molecule has 35 heavy (non-hydrogen) atoms. The third-order valence-corrected chi connectivity index (χ3v) is 6.57. The van der Waals surface area contributed by atoms with Crippen LogP contribution in [0.25, 0.3) is 0 Å². The van der Waals surface area contributed by atoms with Gasteiger partial charge in [0.05, 0.1) is 19.3 Å². The Bertz CT molecular complexity index is 841. The molecule has 0 spiro atoms. The molecule has 2 fully saturated rings. The molecule has 1 saturated carbocycles. The van der Waals surface area contributed by atoms with E-state index < -0.39 is 24.0 Å². The largest absolute Gasteiger partial charge is 0.503 e. The highest BCUT2D eigenvalue weighted by atomic mass is 16.6. The minimum Gasteiger partial charge on any atom is -0.503 e. The van der Waals surface area contributed by atoms with Crippen molar-refractivity contribution in [3.8, 4) is 11.5 Å². The van der Waals surface area contributed by atoms with E-state index in [4.69, 9.17) is 18.9 Å². The molecular weight excluding hydrogens is 452 g/mol. The van der Waals surface area contributed by atoms with Crippen molar-refractivity contribution in [2.45, 2.75) is 103 Å². The van der Waals surface area contributed by atoms with Gasteiger partial charge in [0.2, 0.25) is 0 Å². The molecule has 1 aliphatic carbocycles. The molecule has 2 heterocycles. The minimum atomic E-state index is -0.878. The number of cyclic esters (lactones) is 1. The number of hydrogen-bond donors (Lipinski definition) is 2. The lowest BCUT2D eigenvalue weighted by molar-refractivity contribution is -0.178. The zero-order chi connectivity index (χ0) is 25.4. The molecule has 196 valence electrons. The van der Waals surface area contributed by atoms with Crippen molar-refractivity contribution in [2.75, 3.05) is 13.7 Å². The molecule has 2 aliphatic rings. The number of methoxy groups -OCH3 is 1. The van der Waals surface area contributed by atoms with Crippen LogP contribution in [0.4, 0.5) is 0 Å². The van der Waals surface area contributed by atoms with Crippen molar-refractivity contribution in [3.05, 3.63) is 18.0 Å². The van der Waals surface area contributed by atoms with E-state index in [-0.39, 0.29) is 35.5 Å². The van der Waals surface area contributed by atoms with E-state index in [1.54, 1.807) is 0 Å². The summed E-state index contributed by atoms with van der Waals surface area (Å²) in [6.45, 7) is 6.62. The van der Waals surface area contributed by atoms with E-state index in [1.165, 1.54) is 25.8 Å². The average molecular weight is 493 g/mol. The predicted molar refractivity (Wildman–Crippen MR) is 129 cm³/mol. The smallest absolute Gasteiger partial charge is 0.329 e. The van der Waals surface area contributed by atoms with E-state index >= 15 is 0 Å². The van der Waals surface area contributed by atoms with Gasteiger partial charge in [-0.15, -0.1) is 0 Å². The van der Waals surface area contributed by atoms with Gasteiger partial charge in [-0.1, -0.05) is 33.1 Å². The van der Waals surface area contributed by atoms with Gasteiger partial charge in [0.1, 0.15) is 18.2 Å². The van der Waals surface area contributed by atoms with Crippen molar-refractivity contribution < 1.29 is 33.6 Å². The number of nitrogens with one attached hydrogen (secondary N) is 1. The second kappa shape index (κ2) is 13.1. The van der Waals surface area contributed by atoms with E-state index in [2.05, 4.69) is 24.1 Å². The first kappa shape index (κ1) is 27.2. The number of carbonyl (C=O) groups excluding carboxylic acids is 2. The summed E-state index contributed by atoms with van der Waals surface area (Å²) in [5.41, 5.74) is -0.207. The maximum atomic E-state index is 13.1. The number of amides is 1. The molecule has 0 radical (unpaired) electrons. The summed E-state index contributed by atoms with van der Waals surface area (Å²) in [5, 5.41) is 13.0. The number of aromatic hydroxyl groups is 1. The summed E-state index contributed by atoms with van der Waals surface area (Å²) in [6.07, 6.45) is 7.58. The lowest BCUT2D eigenvalue weighted by Gasteiger charge is -2.35. The Hall–Kier alpha value is -2.39. The third kappa shape index (κ3) is 7.54. The van der Waals surface area contributed by atoms with Gasteiger partial charge in [0, 0.05) is 18.9 Å². The number of pyridine rings is 1. The first-order valence-electron chi connectivity index (χ1n) is 12.8. The van der Waals surface area contributed by atoms with E-state index in [0.29, 0.717) is 31.8 Å². The number of ether oxygens (including phenoxy) is 4. The predicted octanol–water partition coefficient (Wildman–Crippen LogP) is 3.77. The van der Waals surface area contributed by atoms with E-state index in [9.17, 15) is 14.7 Å². The van der Waals surface area contributed by atoms with Crippen LogP contribution >= 0.6 is 0 Å². The fourth-order valence-electron chi connectivity index (χ4n) is 4.68. The standard InChI is InChI=1S/C26H40N2O7/c1-16(2)15-33-21-12-8-11-19(28-25(30)22-23(29)20(32-4)13-14-27-22)26(31)34-17(3)24(21)35-18-9-6-5-7-10-18/h13-14,16-19,21,24,29H,5-12,15H2,1-4H3,(H,28,30). The van der Waals surface area contributed by atoms with Crippen LogP contribution in [0, 0.1) is 5.92 Å². The molecule has 4 unspecified atom stereocenters.